The molecule has 3 aliphatic carbocycles. The number of aliphatic hydroxyl groups is 3. The van der Waals surface area contributed by atoms with Gasteiger partial charge in [0.1, 0.15) is 25.3 Å². The number of ketones is 1. The van der Waals surface area contributed by atoms with Gasteiger partial charge in [0.25, 0.3) is 0 Å². The molecule has 2 saturated carbocycles. The summed E-state index contributed by atoms with van der Waals surface area (Å²) in [6, 6.07) is 0. The summed E-state index contributed by atoms with van der Waals surface area (Å²) in [5.74, 6) is -2.76. The molecule has 3 N–H and O–H groups in total. The molecule has 0 spiro atoms. The molecule has 5 unspecified atom stereocenters. The van der Waals surface area contributed by atoms with Gasteiger partial charge < -0.3 is 39.0 Å². The Morgan fingerprint density at radius 2 is 1.65 bits per heavy atom. The van der Waals surface area contributed by atoms with Crippen LogP contribution in [-0.2, 0) is 33.3 Å². The van der Waals surface area contributed by atoms with Crippen molar-refractivity contribution < 1.29 is 48.6 Å². The predicted molar refractivity (Wildman–Crippen MR) is 130 cm³/mol. The number of hydrogen-bond acceptors (Lipinski definition) is 10. The molecule has 0 aromatic heterocycles. The zero-order chi connectivity index (χ0) is 27.3. The van der Waals surface area contributed by atoms with Gasteiger partial charge in [-0.15, -0.1) is 0 Å². The van der Waals surface area contributed by atoms with Gasteiger partial charge in [0.2, 0.25) is 11.4 Å². The summed E-state index contributed by atoms with van der Waals surface area (Å²) < 4.78 is 30.2. The number of hydrogen-bond donors (Lipinski definition) is 3. The third-order valence-electron chi connectivity index (χ3n) is 9.44. The minimum absolute atomic E-state index is 0.148. The lowest BCUT2D eigenvalue weighted by Crippen LogP contribution is -2.78. The molecule has 210 valence electrons. The molecule has 7 atom stereocenters. The lowest BCUT2D eigenvalue weighted by Gasteiger charge is -2.61. The fourth-order valence-corrected chi connectivity index (χ4v) is 7.50. The average molecular weight is 527 g/mol. The second kappa shape index (κ2) is 9.88. The molecule has 10 nitrogen and oxygen atoms in total. The molecule has 1 heterocycles. The van der Waals surface area contributed by atoms with Gasteiger partial charge in [-0.2, -0.15) is 0 Å². The molecule has 0 radical (unpaired) electrons. The highest BCUT2D eigenvalue weighted by Crippen LogP contribution is 2.77. The molecule has 37 heavy (non-hydrogen) atoms. The molecule has 4 rings (SSSR count). The van der Waals surface area contributed by atoms with Gasteiger partial charge in [0.05, 0.1) is 11.8 Å². The van der Waals surface area contributed by atoms with E-state index in [0.29, 0.717) is 19.6 Å². The highest BCUT2D eigenvalue weighted by Gasteiger charge is 2.97. The number of Topliss-reactive ketones (excluding diaryl/α,β-unsaturated/α-hetero) is 1. The van der Waals surface area contributed by atoms with E-state index in [-0.39, 0.29) is 31.5 Å². The molecule has 2 bridgehead atoms. The van der Waals surface area contributed by atoms with Crippen LogP contribution in [-0.4, -0.2) is 82.4 Å². The topological polar surface area (TPSA) is 141 Å². The van der Waals surface area contributed by atoms with Crippen LogP contribution in [0.1, 0.15) is 79.6 Å². The van der Waals surface area contributed by atoms with Gasteiger partial charge in [-0.25, -0.2) is 0 Å². The first kappa shape index (κ1) is 28.4. The van der Waals surface area contributed by atoms with Crippen molar-refractivity contribution in [2.24, 2.45) is 11.3 Å². The van der Waals surface area contributed by atoms with E-state index in [0.717, 1.165) is 25.7 Å². The zero-order valence-electron chi connectivity index (χ0n) is 22.6. The predicted octanol–water partition coefficient (Wildman–Crippen LogP) is 2.69. The smallest absolute Gasteiger partial charge is 0.307 e. The van der Waals surface area contributed by atoms with E-state index in [1.165, 1.54) is 6.92 Å². The first-order valence-corrected chi connectivity index (χ1v) is 13.5. The van der Waals surface area contributed by atoms with E-state index in [2.05, 4.69) is 0 Å². The third kappa shape index (κ3) is 3.32. The molecule has 0 amide bonds. The van der Waals surface area contributed by atoms with E-state index < -0.39 is 57.9 Å². The molecule has 10 heteroatoms. The van der Waals surface area contributed by atoms with Crippen LogP contribution in [0, 0.1) is 11.3 Å². The van der Waals surface area contributed by atoms with Crippen LogP contribution in [0.25, 0.3) is 0 Å². The SMILES string of the molecule is CCCCOCOC1C(C)CC[C@@]2(OCOCCCC)C13OC(=O)C[C@]2(C)C1(O)C(=O)C(O)=C(C)C13O. The molecular weight excluding hydrogens is 484 g/mol. The van der Waals surface area contributed by atoms with E-state index in [1.54, 1.807) is 6.92 Å². The highest BCUT2D eigenvalue weighted by atomic mass is 16.7. The maximum Gasteiger partial charge on any atom is 0.307 e. The summed E-state index contributed by atoms with van der Waals surface area (Å²) in [6.07, 6.45) is 2.89. The van der Waals surface area contributed by atoms with E-state index in [9.17, 15) is 24.9 Å². The molecular formula is C27H42O10. The highest BCUT2D eigenvalue weighted by molar-refractivity contribution is 6.08. The second-order valence-corrected chi connectivity index (χ2v) is 11.3. The molecule has 3 fully saturated rings. The summed E-state index contributed by atoms with van der Waals surface area (Å²) in [6.45, 7) is 9.44. The van der Waals surface area contributed by atoms with Gasteiger partial charge >= 0.3 is 5.97 Å². The summed E-state index contributed by atoms with van der Waals surface area (Å²) in [7, 11) is 0. The maximum absolute atomic E-state index is 13.6. The number of fused-ring (bicyclic) bond motifs is 2. The summed E-state index contributed by atoms with van der Waals surface area (Å²) in [4.78, 5) is 26.8. The molecule has 0 aromatic rings. The van der Waals surface area contributed by atoms with E-state index in [4.69, 9.17) is 23.7 Å². The van der Waals surface area contributed by atoms with Crippen LogP contribution in [0.3, 0.4) is 0 Å². The Hall–Kier alpha value is -1.56. The fraction of sp³-hybridized carbons (Fsp3) is 0.852. The largest absolute Gasteiger partial charge is 0.504 e. The van der Waals surface area contributed by atoms with Crippen molar-refractivity contribution in [1.29, 1.82) is 0 Å². The van der Waals surface area contributed by atoms with Crippen molar-refractivity contribution in [1.82, 2.24) is 0 Å². The van der Waals surface area contributed by atoms with Crippen LogP contribution in [0.4, 0.5) is 0 Å². The summed E-state index contributed by atoms with van der Waals surface area (Å²) >= 11 is 0. The van der Waals surface area contributed by atoms with Crippen LogP contribution >= 0.6 is 0 Å². The van der Waals surface area contributed by atoms with Crippen LogP contribution in [0.2, 0.25) is 0 Å². The average Bonchev–Trinajstić information content (AvgIpc) is 3.03. The molecule has 1 aliphatic heterocycles. The Labute approximate surface area is 218 Å². The number of unbranched alkanes of at least 4 members (excludes halogenated alkanes) is 2. The Balaban J connectivity index is 1.88. The number of aliphatic hydroxyl groups excluding tert-OH is 1. The van der Waals surface area contributed by atoms with E-state index in [1.807, 2.05) is 20.8 Å². The maximum atomic E-state index is 13.6. The molecule has 0 aromatic carbocycles. The number of esters is 1. The van der Waals surface area contributed by atoms with Crippen LogP contribution in [0.15, 0.2) is 11.3 Å². The standard InChI is InChI=1S/C27H42O10/c1-6-8-12-33-15-35-22-17(3)10-11-24(36-16-34-13-9-7-2)23(5)14-19(28)37-27(22,24)25(31)18(4)20(29)21(30)26(23,25)32/h17,22,29,31-32H,6-16H2,1-5H3/t17?,22?,23-,24-,25?,26?,27?/m0/s1. The number of ether oxygens (including phenoxy) is 5. The van der Waals surface area contributed by atoms with E-state index >= 15 is 0 Å². The lowest BCUT2D eigenvalue weighted by molar-refractivity contribution is -0.345. The third-order valence-corrected chi connectivity index (χ3v) is 9.44. The Morgan fingerprint density at radius 3 is 2.27 bits per heavy atom. The Kier molecular flexibility index (Phi) is 7.59. The van der Waals surface area contributed by atoms with Crippen molar-refractivity contribution in [2.45, 2.75) is 108 Å². The minimum Gasteiger partial charge on any atom is -0.504 e. The molecule has 4 aliphatic rings. The first-order valence-electron chi connectivity index (χ1n) is 13.5. The molecule has 1 saturated heterocycles. The number of carbonyl (C=O) groups excluding carboxylic acids is 2. The Bertz CT molecular complexity index is 949. The van der Waals surface area contributed by atoms with Gasteiger partial charge in [-0.05, 0) is 38.5 Å². The first-order chi connectivity index (χ1) is 17.5. The summed E-state index contributed by atoms with van der Waals surface area (Å²) in [5, 5.41) is 35.6. The van der Waals surface area contributed by atoms with Crippen LogP contribution in [0.5, 0.6) is 0 Å². The lowest BCUT2D eigenvalue weighted by atomic mass is 9.55. The Morgan fingerprint density at radius 1 is 1.03 bits per heavy atom. The number of carbonyl (C=O) groups is 2. The van der Waals surface area contributed by atoms with Gasteiger partial charge in [-0.1, -0.05) is 40.5 Å². The van der Waals surface area contributed by atoms with Crippen LogP contribution < -0.4 is 0 Å². The second-order valence-electron chi connectivity index (χ2n) is 11.3. The monoisotopic (exact) mass is 526 g/mol. The van der Waals surface area contributed by atoms with Crippen molar-refractivity contribution in [3.05, 3.63) is 11.3 Å². The fourth-order valence-electron chi connectivity index (χ4n) is 7.50. The minimum atomic E-state index is -2.60. The van der Waals surface area contributed by atoms with Crippen molar-refractivity contribution in [3.8, 4) is 0 Å². The zero-order valence-corrected chi connectivity index (χ0v) is 22.6. The van der Waals surface area contributed by atoms with Gasteiger partial charge in [-0.3, -0.25) is 9.59 Å². The van der Waals surface area contributed by atoms with Crippen molar-refractivity contribution >= 4 is 11.8 Å². The normalized spacial score (nSPS) is 42.7. The van der Waals surface area contributed by atoms with Crippen molar-refractivity contribution in [3.63, 3.8) is 0 Å². The van der Waals surface area contributed by atoms with Crippen molar-refractivity contribution in [2.75, 3.05) is 26.8 Å². The van der Waals surface area contributed by atoms with Gasteiger partial charge in [0.15, 0.2) is 17.0 Å². The summed E-state index contributed by atoms with van der Waals surface area (Å²) in [5.41, 5.74) is -10.5. The number of rotatable bonds is 12. The quantitative estimate of drug-likeness (QED) is 0.197. The van der Waals surface area contributed by atoms with Gasteiger partial charge in [0, 0.05) is 18.8 Å².